The maximum atomic E-state index is 13.5. The lowest BCUT2D eigenvalue weighted by molar-refractivity contribution is -0.134. The number of benzene rings is 1. The van der Waals surface area contributed by atoms with Gasteiger partial charge in [0, 0.05) is 38.4 Å². The van der Waals surface area contributed by atoms with Crippen LogP contribution in [-0.4, -0.2) is 64.0 Å². The highest BCUT2D eigenvalue weighted by atomic mass is 16.5. The van der Waals surface area contributed by atoms with Gasteiger partial charge in [0.1, 0.15) is 12.4 Å². The Labute approximate surface area is 221 Å². The van der Waals surface area contributed by atoms with Crippen molar-refractivity contribution in [1.82, 2.24) is 19.9 Å². The Balaban J connectivity index is 1.81. The average molecular weight is 513 g/mol. The number of hydrogen-bond donors (Lipinski definition) is 0. The molecule has 3 rings (SSSR count). The Morgan fingerprint density at radius 3 is 2.49 bits per heavy atom. The first-order valence-electron chi connectivity index (χ1n) is 13.9. The minimum atomic E-state index is -0.0882. The molecule has 0 radical (unpaired) electrons. The maximum Gasteiger partial charge on any atom is 0.257 e. The van der Waals surface area contributed by atoms with E-state index in [1.54, 1.807) is 0 Å². The first kappa shape index (κ1) is 28.7. The van der Waals surface area contributed by atoms with Crippen molar-refractivity contribution in [2.75, 3.05) is 26.2 Å². The number of aromatic nitrogens is 2. The van der Waals surface area contributed by atoms with Crippen molar-refractivity contribution in [3.63, 3.8) is 0 Å². The van der Waals surface area contributed by atoms with Crippen molar-refractivity contribution in [3.05, 3.63) is 41.5 Å². The van der Waals surface area contributed by atoms with E-state index in [9.17, 15) is 9.59 Å². The first-order chi connectivity index (χ1) is 17.8. The van der Waals surface area contributed by atoms with E-state index in [0.717, 1.165) is 38.6 Å². The normalized spacial score (nSPS) is 18.0. The number of para-hydroxylation sites is 1. The second kappa shape index (κ2) is 14.1. The van der Waals surface area contributed by atoms with E-state index in [2.05, 4.69) is 24.0 Å². The Morgan fingerprint density at radius 1 is 1.08 bits per heavy atom. The van der Waals surface area contributed by atoms with Crippen LogP contribution >= 0.6 is 0 Å². The van der Waals surface area contributed by atoms with Gasteiger partial charge in [0.2, 0.25) is 11.8 Å². The van der Waals surface area contributed by atoms with Crippen LogP contribution in [0.15, 0.2) is 28.8 Å². The largest absolute Gasteiger partial charge is 0.491 e. The molecule has 1 aromatic heterocycles. The molecule has 1 atom stereocenters. The molecule has 0 fully saturated rings. The zero-order valence-corrected chi connectivity index (χ0v) is 23.2. The molecule has 2 amide bonds. The fourth-order valence-electron chi connectivity index (χ4n) is 4.77. The third-order valence-corrected chi connectivity index (χ3v) is 6.85. The molecule has 2 aromatic rings. The lowest BCUT2D eigenvalue weighted by Crippen LogP contribution is -2.45. The minimum Gasteiger partial charge on any atom is -0.491 e. The van der Waals surface area contributed by atoms with Gasteiger partial charge in [0.05, 0.1) is 11.6 Å². The fraction of sp³-hybridized carbons (Fsp3) is 0.655. The van der Waals surface area contributed by atoms with Gasteiger partial charge in [-0.2, -0.15) is 4.98 Å². The molecule has 0 spiro atoms. The predicted octanol–water partition coefficient (Wildman–Crippen LogP) is 5.48. The van der Waals surface area contributed by atoms with E-state index >= 15 is 0 Å². The molecule has 1 aliphatic heterocycles. The number of rotatable bonds is 7. The predicted molar refractivity (Wildman–Crippen MR) is 144 cm³/mol. The van der Waals surface area contributed by atoms with Gasteiger partial charge in [-0.25, -0.2) is 0 Å². The summed E-state index contributed by atoms with van der Waals surface area (Å²) in [5.74, 6) is 2.40. The Kier molecular flexibility index (Phi) is 11.0. The monoisotopic (exact) mass is 512 g/mol. The van der Waals surface area contributed by atoms with Crippen LogP contribution in [0.3, 0.4) is 0 Å². The van der Waals surface area contributed by atoms with Crippen LogP contribution in [0.5, 0.6) is 5.75 Å². The second-order valence-electron chi connectivity index (χ2n) is 10.7. The average Bonchev–Trinajstić information content (AvgIpc) is 3.36. The second-order valence-corrected chi connectivity index (χ2v) is 10.7. The molecule has 1 aromatic carbocycles. The molecule has 0 unspecified atom stereocenters. The summed E-state index contributed by atoms with van der Waals surface area (Å²) in [5.41, 5.74) is 0.583. The zero-order valence-electron chi connectivity index (χ0n) is 23.2. The number of carbonyl (C=O) groups is 2. The SMILES string of the molecule is CCN1CCCCCCN(C(=O)CCc2nc(C(C)C)no2)[C@@H](CC(C)C)COc2ccccc2C1=O. The molecule has 0 bridgehead atoms. The standard InChI is InChI=1S/C29H44N4O4/c1-6-32-17-11-7-8-12-18-33(27(34)16-15-26-30-28(22(4)5)31-37-26)23(19-21(2)3)20-36-25-14-10-9-13-24(25)29(32)35/h9-10,13-14,21-23H,6-8,11-12,15-20H2,1-5H3/t23-/m0/s1. The molecule has 8 heteroatoms. The summed E-state index contributed by atoms with van der Waals surface area (Å²) in [6, 6.07) is 7.37. The van der Waals surface area contributed by atoms with Crippen molar-refractivity contribution < 1.29 is 18.8 Å². The van der Waals surface area contributed by atoms with Crippen LogP contribution in [-0.2, 0) is 11.2 Å². The summed E-state index contributed by atoms with van der Waals surface area (Å²) in [7, 11) is 0. The summed E-state index contributed by atoms with van der Waals surface area (Å²) in [5, 5.41) is 4.02. The van der Waals surface area contributed by atoms with E-state index < -0.39 is 0 Å². The highest BCUT2D eigenvalue weighted by Gasteiger charge is 2.27. The Hall–Kier alpha value is -2.90. The van der Waals surface area contributed by atoms with Gasteiger partial charge in [-0.15, -0.1) is 0 Å². The van der Waals surface area contributed by atoms with Gasteiger partial charge in [-0.1, -0.05) is 57.8 Å². The summed E-state index contributed by atoms with van der Waals surface area (Å²) in [6.07, 6.45) is 5.47. The number of aryl methyl sites for hydroxylation is 1. The molecule has 0 N–H and O–H groups in total. The summed E-state index contributed by atoms with van der Waals surface area (Å²) in [4.78, 5) is 35.2. The van der Waals surface area contributed by atoms with E-state index in [1.807, 2.05) is 54.8 Å². The van der Waals surface area contributed by atoms with Crippen molar-refractivity contribution in [2.45, 2.75) is 91.5 Å². The van der Waals surface area contributed by atoms with Crippen LogP contribution in [0, 0.1) is 5.92 Å². The third-order valence-electron chi connectivity index (χ3n) is 6.85. The van der Waals surface area contributed by atoms with Crippen LogP contribution in [0.25, 0.3) is 0 Å². The van der Waals surface area contributed by atoms with E-state index in [4.69, 9.17) is 9.26 Å². The Morgan fingerprint density at radius 2 is 1.81 bits per heavy atom. The van der Waals surface area contributed by atoms with Gasteiger partial charge >= 0.3 is 0 Å². The van der Waals surface area contributed by atoms with Gasteiger partial charge < -0.3 is 19.1 Å². The quantitative estimate of drug-likeness (QED) is 0.488. The van der Waals surface area contributed by atoms with Gasteiger partial charge in [0.15, 0.2) is 5.82 Å². The number of hydrogen-bond acceptors (Lipinski definition) is 6. The van der Waals surface area contributed by atoms with Crippen molar-refractivity contribution in [2.24, 2.45) is 5.92 Å². The topological polar surface area (TPSA) is 88.8 Å². The van der Waals surface area contributed by atoms with Crippen LogP contribution in [0.1, 0.15) is 101 Å². The summed E-state index contributed by atoms with van der Waals surface area (Å²) < 4.78 is 11.7. The van der Waals surface area contributed by atoms with Gasteiger partial charge in [-0.05, 0) is 44.2 Å². The zero-order chi connectivity index (χ0) is 26.8. The first-order valence-corrected chi connectivity index (χ1v) is 13.9. The minimum absolute atomic E-state index is 0.00354. The number of nitrogens with zero attached hydrogens (tertiary/aromatic N) is 4. The van der Waals surface area contributed by atoms with Crippen LogP contribution in [0.4, 0.5) is 0 Å². The molecule has 37 heavy (non-hydrogen) atoms. The van der Waals surface area contributed by atoms with Crippen molar-refractivity contribution in [3.8, 4) is 5.75 Å². The van der Waals surface area contributed by atoms with Gasteiger partial charge in [0.25, 0.3) is 5.91 Å². The molecule has 0 aliphatic carbocycles. The summed E-state index contributed by atoms with van der Waals surface area (Å²) in [6.45, 7) is 12.8. The van der Waals surface area contributed by atoms with Gasteiger partial charge in [-0.3, -0.25) is 9.59 Å². The van der Waals surface area contributed by atoms with E-state index in [1.165, 1.54) is 0 Å². The smallest absolute Gasteiger partial charge is 0.257 e. The maximum absolute atomic E-state index is 13.5. The molecule has 0 saturated carbocycles. The van der Waals surface area contributed by atoms with Crippen LogP contribution < -0.4 is 4.74 Å². The van der Waals surface area contributed by atoms with E-state index in [-0.39, 0.29) is 23.8 Å². The molecular weight excluding hydrogens is 468 g/mol. The molecule has 204 valence electrons. The molecule has 0 saturated heterocycles. The fourth-order valence-corrected chi connectivity index (χ4v) is 4.77. The number of amides is 2. The van der Waals surface area contributed by atoms with E-state index in [0.29, 0.717) is 61.5 Å². The van der Waals surface area contributed by atoms with Crippen LogP contribution in [0.2, 0.25) is 0 Å². The molecule has 8 nitrogen and oxygen atoms in total. The molecule has 2 heterocycles. The van der Waals surface area contributed by atoms with Crippen molar-refractivity contribution in [1.29, 1.82) is 0 Å². The lowest BCUT2D eigenvalue weighted by atomic mass is 10.0. The lowest BCUT2D eigenvalue weighted by Gasteiger charge is -2.33. The summed E-state index contributed by atoms with van der Waals surface area (Å²) >= 11 is 0. The number of carbonyl (C=O) groups excluding carboxylic acids is 2. The van der Waals surface area contributed by atoms with Crippen molar-refractivity contribution >= 4 is 11.8 Å². The number of fused-ring (bicyclic) bond motifs is 1. The third kappa shape index (κ3) is 8.30. The number of ether oxygens (including phenoxy) is 1. The highest BCUT2D eigenvalue weighted by molar-refractivity contribution is 5.96. The highest BCUT2D eigenvalue weighted by Crippen LogP contribution is 2.24. The Bertz CT molecular complexity index is 1000. The molecule has 1 aliphatic rings. The molecular formula is C29H44N4O4.